The average Bonchev–Trinajstić information content (AvgIpc) is 1.67. The molecule has 0 amide bonds. The highest BCUT2D eigenvalue weighted by atomic mass is 16.7. The zero-order valence-corrected chi connectivity index (χ0v) is 5.23. The second kappa shape index (κ2) is 2.01. The van der Waals surface area contributed by atoms with Crippen molar-refractivity contribution >= 4 is 0 Å². The van der Waals surface area contributed by atoms with Crippen molar-refractivity contribution in [2.24, 2.45) is 0 Å². The van der Waals surface area contributed by atoms with Crippen molar-refractivity contribution in [3.05, 3.63) is 0 Å². The predicted octanol–water partition coefficient (Wildman–Crippen LogP) is -0.421. The van der Waals surface area contributed by atoms with Gasteiger partial charge in [0, 0.05) is 14.2 Å². The number of ether oxygens (including phenoxy) is 2. The number of nitrogens with one attached hydrogen (secondary N) is 1. The van der Waals surface area contributed by atoms with E-state index in [1.54, 1.807) is 14.2 Å². The maximum atomic E-state index is 5.04. The lowest BCUT2D eigenvalue weighted by Gasteiger charge is -2.39. The second-order valence-corrected chi connectivity index (χ2v) is 1.92. The van der Waals surface area contributed by atoms with Gasteiger partial charge in [0.1, 0.15) is 0 Å². The van der Waals surface area contributed by atoms with E-state index >= 15 is 0 Å². The molecule has 0 aliphatic carbocycles. The molecule has 1 N–H and O–H groups in total. The molecule has 1 fully saturated rings. The zero-order chi connectivity index (χ0) is 6.04. The van der Waals surface area contributed by atoms with E-state index in [0.29, 0.717) is 0 Å². The Hall–Kier alpha value is -0.120. The van der Waals surface area contributed by atoms with Crippen LogP contribution in [0.1, 0.15) is 0 Å². The van der Waals surface area contributed by atoms with Crippen LogP contribution in [0.4, 0.5) is 0 Å². The second-order valence-electron chi connectivity index (χ2n) is 1.92. The summed E-state index contributed by atoms with van der Waals surface area (Å²) >= 11 is 0. The Kier molecular flexibility index (Phi) is 1.51. The molecule has 48 valence electrons. The van der Waals surface area contributed by atoms with Crippen molar-refractivity contribution in [3.8, 4) is 0 Å². The summed E-state index contributed by atoms with van der Waals surface area (Å²) in [7, 11) is 3.31. The van der Waals surface area contributed by atoms with Crippen molar-refractivity contribution in [1.29, 1.82) is 0 Å². The molecular formula is C5H11NO2. The van der Waals surface area contributed by atoms with Crippen LogP contribution in [0, 0.1) is 0 Å². The Labute approximate surface area is 49.0 Å². The molecule has 0 aromatic rings. The van der Waals surface area contributed by atoms with E-state index in [1.807, 2.05) is 0 Å². The quantitative estimate of drug-likeness (QED) is 0.498. The van der Waals surface area contributed by atoms with E-state index in [1.165, 1.54) is 0 Å². The number of hydrogen-bond acceptors (Lipinski definition) is 3. The zero-order valence-electron chi connectivity index (χ0n) is 5.23. The van der Waals surface area contributed by atoms with E-state index in [2.05, 4.69) is 5.32 Å². The molecule has 0 atom stereocenters. The average molecular weight is 117 g/mol. The third-order valence-corrected chi connectivity index (χ3v) is 1.53. The van der Waals surface area contributed by atoms with Gasteiger partial charge in [-0.2, -0.15) is 0 Å². The summed E-state index contributed by atoms with van der Waals surface area (Å²) in [6.45, 7) is 1.61. The fourth-order valence-electron chi connectivity index (χ4n) is 0.701. The molecule has 0 radical (unpaired) electrons. The van der Waals surface area contributed by atoms with E-state index in [4.69, 9.17) is 9.47 Å². The number of methoxy groups -OCH3 is 2. The monoisotopic (exact) mass is 117 g/mol. The van der Waals surface area contributed by atoms with Crippen LogP contribution < -0.4 is 5.32 Å². The van der Waals surface area contributed by atoms with Gasteiger partial charge in [0.25, 0.3) is 0 Å². The van der Waals surface area contributed by atoms with Crippen LogP contribution in [0.2, 0.25) is 0 Å². The topological polar surface area (TPSA) is 30.5 Å². The van der Waals surface area contributed by atoms with Crippen LogP contribution in [0.3, 0.4) is 0 Å². The van der Waals surface area contributed by atoms with Gasteiger partial charge in [-0.05, 0) is 0 Å². The molecule has 1 aliphatic heterocycles. The molecule has 3 heteroatoms. The van der Waals surface area contributed by atoms with E-state index < -0.39 is 0 Å². The van der Waals surface area contributed by atoms with Crippen LogP contribution in [0.5, 0.6) is 0 Å². The molecular weight excluding hydrogens is 106 g/mol. The Balaban J connectivity index is 2.33. The van der Waals surface area contributed by atoms with Gasteiger partial charge in [-0.1, -0.05) is 0 Å². The standard InChI is InChI=1S/C5H11NO2/c1-7-5(8-2)3-6-4-5/h6H,3-4H2,1-2H3. The largest absolute Gasteiger partial charge is 0.351 e. The molecule has 0 aromatic heterocycles. The number of rotatable bonds is 2. The van der Waals surface area contributed by atoms with Crippen molar-refractivity contribution in [3.63, 3.8) is 0 Å². The van der Waals surface area contributed by atoms with Gasteiger partial charge in [0.05, 0.1) is 13.1 Å². The first kappa shape index (κ1) is 6.01. The summed E-state index contributed by atoms with van der Waals surface area (Å²) < 4.78 is 10.1. The summed E-state index contributed by atoms with van der Waals surface area (Å²) in [5.74, 6) is -0.306. The molecule has 0 bridgehead atoms. The van der Waals surface area contributed by atoms with Crippen molar-refractivity contribution < 1.29 is 9.47 Å². The first-order valence-corrected chi connectivity index (χ1v) is 2.64. The van der Waals surface area contributed by atoms with Gasteiger partial charge < -0.3 is 14.8 Å². The Bertz CT molecular complexity index is 67.0. The van der Waals surface area contributed by atoms with Gasteiger partial charge in [0.15, 0.2) is 5.79 Å². The smallest absolute Gasteiger partial charge is 0.192 e. The van der Waals surface area contributed by atoms with Crippen LogP contribution >= 0.6 is 0 Å². The first-order valence-electron chi connectivity index (χ1n) is 2.64. The fourth-order valence-corrected chi connectivity index (χ4v) is 0.701. The SMILES string of the molecule is COC1(OC)CNC1. The van der Waals surface area contributed by atoms with Crippen LogP contribution in [0.25, 0.3) is 0 Å². The van der Waals surface area contributed by atoms with Crippen molar-refractivity contribution in [1.82, 2.24) is 5.32 Å². The normalized spacial score (nSPS) is 24.8. The van der Waals surface area contributed by atoms with Crippen LogP contribution in [-0.4, -0.2) is 33.1 Å². The highest BCUT2D eigenvalue weighted by Gasteiger charge is 2.36. The predicted molar refractivity (Wildman–Crippen MR) is 29.6 cm³/mol. The third-order valence-electron chi connectivity index (χ3n) is 1.53. The highest BCUT2D eigenvalue weighted by Crippen LogP contribution is 2.14. The van der Waals surface area contributed by atoms with Gasteiger partial charge in [0.2, 0.25) is 0 Å². The molecule has 1 heterocycles. The molecule has 8 heavy (non-hydrogen) atoms. The fraction of sp³-hybridized carbons (Fsp3) is 1.00. The maximum absolute atomic E-state index is 5.04. The van der Waals surface area contributed by atoms with Crippen molar-refractivity contribution in [2.75, 3.05) is 27.3 Å². The van der Waals surface area contributed by atoms with Crippen molar-refractivity contribution in [2.45, 2.75) is 5.79 Å². The molecule has 0 saturated carbocycles. The van der Waals surface area contributed by atoms with Gasteiger partial charge in [-0.15, -0.1) is 0 Å². The summed E-state index contributed by atoms with van der Waals surface area (Å²) in [4.78, 5) is 0. The Morgan fingerprint density at radius 2 is 1.75 bits per heavy atom. The molecule has 0 unspecified atom stereocenters. The molecule has 1 aliphatic rings. The molecule has 0 spiro atoms. The number of hydrogen-bond donors (Lipinski definition) is 1. The van der Waals surface area contributed by atoms with E-state index in [9.17, 15) is 0 Å². The van der Waals surface area contributed by atoms with Gasteiger partial charge >= 0.3 is 0 Å². The Morgan fingerprint density at radius 1 is 1.25 bits per heavy atom. The van der Waals surface area contributed by atoms with E-state index in [0.717, 1.165) is 13.1 Å². The van der Waals surface area contributed by atoms with Gasteiger partial charge in [-0.3, -0.25) is 0 Å². The lowest BCUT2D eigenvalue weighted by atomic mass is 10.1. The summed E-state index contributed by atoms with van der Waals surface area (Å²) in [5.41, 5.74) is 0. The summed E-state index contributed by atoms with van der Waals surface area (Å²) in [6.07, 6.45) is 0. The molecule has 3 nitrogen and oxygen atoms in total. The highest BCUT2D eigenvalue weighted by molar-refractivity contribution is 4.84. The van der Waals surface area contributed by atoms with Gasteiger partial charge in [-0.25, -0.2) is 0 Å². The molecule has 1 saturated heterocycles. The van der Waals surface area contributed by atoms with Crippen LogP contribution in [0.15, 0.2) is 0 Å². The first-order chi connectivity index (χ1) is 3.83. The maximum Gasteiger partial charge on any atom is 0.192 e. The van der Waals surface area contributed by atoms with E-state index in [-0.39, 0.29) is 5.79 Å². The molecule has 0 aromatic carbocycles. The third kappa shape index (κ3) is 0.727. The summed E-state index contributed by atoms with van der Waals surface area (Å²) in [5, 5.41) is 3.05. The minimum atomic E-state index is -0.306. The minimum absolute atomic E-state index is 0.306. The minimum Gasteiger partial charge on any atom is -0.351 e. The lowest BCUT2D eigenvalue weighted by molar-refractivity contribution is -0.231. The summed E-state index contributed by atoms with van der Waals surface area (Å²) in [6, 6.07) is 0. The lowest BCUT2D eigenvalue weighted by Crippen LogP contribution is -2.61. The molecule has 1 rings (SSSR count). The Morgan fingerprint density at radius 3 is 1.75 bits per heavy atom. The van der Waals surface area contributed by atoms with Crippen LogP contribution in [-0.2, 0) is 9.47 Å².